The summed E-state index contributed by atoms with van der Waals surface area (Å²) in [5, 5.41) is 0.958. The number of fused-ring (bicyclic) bond motifs is 2. The fourth-order valence-electron chi connectivity index (χ4n) is 3.55. The Labute approximate surface area is 162 Å². The van der Waals surface area contributed by atoms with E-state index in [4.69, 9.17) is 9.72 Å². The molecule has 0 aliphatic carbocycles. The molecule has 5 rings (SSSR count). The van der Waals surface area contributed by atoms with Gasteiger partial charge in [-0.3, -0.25) is 9.78 Å². The summed E-state index contributed by atoms with van der Waals surface area (Å²) in [6, 6.07) is 23.4. The highest BCUT2D eigenvalue weighted by Gasteiger charge is 2.29. The van der Waals surface area contributed by atoms with E-state index in [0.717, 1.165) is 22.0 Å². The van der Waals surface area contributed by atoms with Gasteiger partial charge in [0, 0.05) is 23.2 Å². The van der Waals surface area contributed by atoms with Gasteiger partial charge < -0.3 is 4.74 Å². The largest absolute Gasteiger partial charge is 0.483 e. The lowest BCUT2D eigenvalue weighted by molar-refractivity contribution is 0.0866. The predicted octanol–water partition coefficient (Wildman–Crippen LogP) is 5.05. The quantitative estimate of drug-likeness (QED) is 0.467. The summed E-state index contributed by atoms with van der Waals surface area (Å²) in [6.45, 7) is 0.254. The average Bonchev–Trinajstić information content (AvgIpc) is 2.76. The molecule has 0 saturated carbocycles. The zero-order valence-electron chi connectivity index (χ0n) is 15.0. The van der Waals surface area contributed by atoms with Crippen molar-refractivity contribution in [2.24, 2.45) is 0 Å². The number of allylic oxidation sites excluding steroid dienone is 1. The molecule has 0 unspecified atom stereocenters. The monoisotopic (exact) mass is 364 g/mol. The number of carbonyl (C=O) groups is 1. The van der Waals surface area contributed by atoms with Crippen LogP contribution in [-0.2, 0) is 11.3 Å². The second-order valence-corrected chi connectivity index (χ2v) is 6.57. The van der Waals surface area contributed by atoms with Gasteiger partial charge in [0.05, 0.1) is 22.5 Å². The summed E-state index contributed by atoms with van der Waals surface area (Å²) < 4.78 is 5.77. The molecule has 0 spiro atoms. The fraction of sp³-hybridized carbons (Fsp3) is 0.0417. The lowest BCUT2D eigenvalue weighted by Crippen LogP contribution is -2.19. The minimum atomic E-state index is -0.163. The van der Waals surface area contributed by atoms with Crippen molar-refractivity contribution in [1.29, 1.82) is 0 Å². The number of para-hydroxylation sites is 1. The number of hydrogen-bond acceptors (Lipinski definition) is 4. The molecule has 1 aliphatic rings. The molecular formula is C24H16N2O2. The Morgan fingerprint density at radius 1 is 0.857 bits per heavy atom. The zero-order valence-corrected chi connectivity index (χ0v) is 15.0. The third-order valence-electron chi connectivity index (χ3n) is 4.81. The van der Waals surface area contributed by atoms with Crippen molar-refractivity contribution in [3.05, 3.63) is 102 Å². The lowest BCUT2D eigenvalue weighted by atomic mass is 9.90. The maximum absolute atomic E-state index is 13.4. The van der Waals surface area contributed by atoms with Crippen LogP contribution in [-0.4, -0.2) is 15.8 Å². The predicted molar refractivity (Wildman–Crippen MR) is 109 cm³/mol. The Bertz CT molecular complexity index is 1220. The van der Waals surface area contributed by atoms with Gasteiger partial charge >= 0.3 is 0 Å². The van der Waals surface area contributed by atoms with Crippen LogP contribution < -0.4 is 0 Å². The van der Waals surface area contributed by atoms with E-state index in [2.05, 4.69) is 4.98 Å². The van der Waals surface area contributed by atoms with Gasteiger partial charge in [-0.25, -0.2) is 4.98 Å². The summed E-state index contributed by atoms with van der Waals surface area (Å²) in [5.41, 5.74) is 4.71. The number of carbonyl (C=O) groups excluding carboxylic acids is 1. The Morgan fingerprint density at radius 3 is 2.46 bits per heavy atom. The van der Waals surface area contributed by atoms with Crippen molar-refractivity contribution in [2.75, 3.05) is 0 Å². The minimum Gasteiger partial charge on any atom is -0.483 e. The van der Waals surface area contributed by atoms with Gasteiger partial charge in [0.1, 0.15) is 6.61 Å². The summed E-state index contributed by atoms with van der Waals surface area (Å²) in [7, 11) is 0. The highest BCUT2D eigenvalue weighted by atomic mass is 16.5. The maximum Gasteiger partial charge on any atom is 0.230 e. The van der Waals surface area contributed by atoms with E-state index >= 15 is 0 Å². The van der Waals surface area contributed by atoms with Crippen molar-refractivity contribution in [2.45, 2.75) is 6.61 Å². The Morgan fingerprint density at radius 2 is 1.64 bits per heavy atom. The molecule has 134 valence electrons. The molecule has 4 heteroatoms. The Balaban J connectivity index is 1.76. The molecule has 0 saturated heterocycles. The van der Waals surface area contributed by atoms with Crippen molar-refractivity contribution in [1.82, 2.24) is 9.97 Å². The van der Waals surface area contributed by atoms with Gasteiger partial charge in [0.15, 0.2) is 5.76 Å². The summed E-state index contributed by atoms with van der Waals surface area (Å²) in [5.74, 6) is 0.129. The van der Waals surface area contributed by atoms with Crippen LogP contribution in [0.25, 0.3) is 28.1 Å². The normalized spacial score (nSPS) is 14.7. The van der Waals surface area contributed by atoms with Crippen LogP contribution in [0.5, 0.6) is 0 Å². The number of nitrogens with zero attached hydrogens (tertiary/aromatic N) is 2. The number of ketones is 1. The third kappa shape index (κ3) is 2.76. The molecule has 28 heavy (non-hydrogen) atoms. The van der Waals surface area contributed by atoms with Gasteiger partial charge in [0.2, 0.25) is 5.78 Å². The second-order valence-electron chi connectivity index (χ2n) is 6.57. The fourth-order valence-corrected chi connectivity index (χ4v) is 3.55. The van der Waals surface area contributed by atoms with Gasteiger partial charge in [-0.05, 0) is 23.8 Å². The minimum absolute atomic E-state index is 0.163. The molecule has 2 aromatic heterocycles. The van der Waals surface area contributed by atoms with Crippen LogP contribution in [0.1, 0.15) is 21.7 Å². The van der Waals surface area contributed by atoms with E-state index < -0.39 is 0 Å². The first kappa shape index (κ1) is 16.4. The first-order valence-electron chi connectivity index (χ1n) is 9.08. The molecule has 1 aliphatic heterocycles. The van der Waals surface area contributed by atoms with Crippen molar-refractivity contribution >= 4 is 22.8 Å². The number of benzene rings is 2. The van der Waals surface area contributed by atoms with Crippen molar-refractivity contribution < 1.29 is 9.53 Å². The Hall–Kier alpha value is -3.79. The third-order valence-corrected chi connectivity index (χ3v) is 4.81. The molecule has 4 nitrogen and oxygen atoms in total. The molecule has 0 atom stereocenters. The van der Waals surface area contributed by atoms with E-state index in [0.29, 0.717) is 22.7 Å². The number of rotatable bonds is 2. The van der Waals surface area contributed by atoms with E-state index in [1.54, 1.807) is 12.3 Å². The van der Waals surface area contributed by atoms with Crippen LogP contribution in [0.3, 0.4) is 0 Å². The van der Waals surface area contributed by atoms with Crippen LogP contribution in [0, 0.1) is 0 Å². The number of hydrogen-bond donors (Lipinski definition) is 0. The number of pyridine rings is 2. The molecular weight excluding hydrogens is 348 g/mol. The first-order valence-corrected chi connectivity index (χ1v) is 9.08. The van der Waals surface area contributed by atoms with E-state index in [1.165, 1.54) is 0 Å². The van der Waals surface area contributed by atoms with Gasteiger partial charge in [0.25, 0.3) is 0 Å². The molecule has 0 radical (unpaired) electrons. The highest BCUT2D eigenvalue weighted by molar-refractivity contribution is 6.18. The molecule has 4 aromatic rings. The topological polar surface area (TPSA) is 52.1 Å². The molecule has 2 aromatic carbocycles. The first-order chi connectivity index (χ1) is 13.8. The Kier molecular flexibility index (Phi) is 3.95. The molecule has 0 bridgehead atoms. The van der Waals surface area contributed by atoms with Crippen molar-refractivity contribution in [3.63, 3.8) is 0 Å². The average molecular weight is 364 g/mol. The van der Waals surface area contributed by atoms with Gasteiger partial charge in [-0.2, -0.15) is 0 Å². The smallest absolute Gasteiger partial charge is 0.230 e. The SMILES string of the molecule is O=C1/C(=C/c2ccccn2)OCc2nc3ccccc3c(-c3ccccc3)c21. The van der Waals surface area contributed by atoms with Gasteiger partial charge in [-0.1, -0.05) is 54.6 Å². The van der Waals surface area contributed by atoms with Crippen molar-refractivity contribution in [3.8, 4) is 11.1 Å². The molecule has 0 fully saturated rings. The molecule has 3 heterocycles. The highest BCUT2D eigenvalue weighted by Crippen LogP contribution is 2.37. The van der Waals surface area contributed by atoms with Gasteiger partial charge in [-0.15, -0.1) is 0 Å². The molecule has 0 N–H and O–H groups in total. The van der Waals surface area contributed by atoms with Crippen LogP contribution in [0.2, 0.25) is 0 Å². The lowest BCUT2D eigenvalue weighted by Gasteiger charge is -2.22. The second kappa shape index (κ2) is 6.74. The van der Waals surface area contributed by atoms with E-state index in [1.807, 2.05) is 72.8 Å². The van der Waals surface area contributed by atoms with Crippen LogP contribution >= 0.6 is 0 Å². The van der Waals surface area contributed by atoms with Crippen LogP contribution in [0.15, 0.2) is 84.8 Å². The number of ether oxygens (including phenoxy) is 1. The number of Topliss-reactive ketones (excluding diaryl/α,β-unsaturated/α-hetero) is 1. The van der Waals surface area contributed by atoms with E-state index in [9.17, 15) is 4.79 Å². The van der Waals surface area contributed by atoms with Crippen LogP contribution in [0.4, 0.5) is 0 Å². The molecule has 0 amide bonds. The summed E-state index contributed by atoms with van der Waals surface area (Å²) >= 11 is 0. The van der Waals surface area contributed by atoms with E-state index in [-0.39, 0.29) is 12.4 Å². The zero-order chi connectivity index (χ0) is 18.9. The number of aromatic nitrogens is 2. The maximum atomic E-state index is 13.4. The summed E-state index contributed by atoms with van der Waals surface area (Å²) in [6.07, 6.45) is 3.38. The summed E-state index contributed by atoms with van der Waals surface area (Å²) in [4.78, 5) is 22.4. The standard InChI is InChI=1S/C24H16N2O2/c27-24-21(14-17-10-6-7-13-25-17)28-15-20-23(24)22(16-8-2-1-3-9-16)18-11-4-5-12-19(18)26-20/h1-14H,15H2/b21-14-.